The molecule has 5 N–H and O–H groups in total. The minimum Gasteiger partial charge on any atom is -0.453 e. The Balaban J connectivity index is 1.85. The van der Waals surface area contributed by atoms with E-state index in [-0.39, 0.29) is 23.8 Å². The van der Waals surface area contributed by atoms with Crippen molar-refractivity contribution in [1.82, 2.24) is 26.2 Å². The molecule has 2 unspecified atom stereocenters. The Bertz CT molecular complexity index is 1050. The summed E-state index contributed by atoms with van der Waals surface area (Å²) in [5.74, 6) is -1.92. The van der Waals surface area contributed by atoms with E-state index in [1.165, 1.54) is 7.11 Å². The molecule has 0 radical (unpaired) electrons. The van der Waals surface area contributed by atoms with Gasteiger partial charge in [0.1, 0.15) is 18.3 Å². The number of aliphatic hydroxyl groups is 1. The summed E-state index contributed by atoms with van der Waals surface area (Å²) in [6.07, 6.45) is 3.43. The Kier molecular flexibility index (Phi) is 11.3. The van der Waals surface area contributed by atoms with Crippen molar-refractivity contribution >= 4 is 29.6 Å². The fraction of sp³-hybridized carbons (Fsp3) is 0.839. The van der Waals surface area contributed by atoms with Crippen molar-refractivity contribution in [2.24, 2.45) is 22.7 Å². The van der Waals surface area contributed by atoms with Crippen LogP contribution in [0.25, 0.3) is 0 Å². The largest absolute Gasteiger partial charge is 0.453 e. The van der Waals surface area contributed by atoms with E-state index in [0.29, 0.717) is 19.4 Å². The van der Waals surface area contributed by atoms with Crippen LogP contribution in [0, 0.1) is 22.7 Å². The number of ether oxygens (including phenoxy) is 1. The second-order valence-corrected chi connectivity index (χ2v) is 14.6. The average molecular weight is 608 g/mol. The van der Waals surface area contributed by atoms with Gasteiger partial charge in [-0.05, 0) is 54.8 Å². The third-order valence-corrected chi connectivity index (χ3v) is 8.93. The number of hydrogen-bond donors (Lipinski definition) is 5. The lowest BCUT2D eigenvalue weighted by Crippen LogP contribution is -2.63. The Morgan fingerprint density at radius 3 is 2.09 bits per heavy atom. The number of methoxy groups -OCH3 is 1. The molecule has 2 aliphatic carbocycles. The molecule has 43 heavy (non-hydrogen) atoms. The predicted molar refractivity (Wildman–Crippen MR) is 161 cm³/mol. The van der Waals surface area contributed by atoms with Gasteiger partial charge in [-0.1, -0.05) is 61.3 Å². The smallest absolute Gasteiger partial charge is 0.407 e. The Morgan fingerprint density at radius 1 is 0.930 bits per heavy atom. The zero-order valence-electron chi connectivity index (χ0n) is 27.1. The molecule has 12 heteroatoms. The predicted octanol–water partition coefficient (Wildman–Crippen LogP) is 1.84. The maximum Gasteiger partial charge on any atom is 0.407 e. The number of Topliss-reactive ketones (excluding diaryl/α,β-unsaturated/α-hetero) is 1. The van der Waals surface area contributed by atoms with E-state index in [2.05, 4.69) is 21.3 Å². The summed E-state index contributed by atoms with van der Waals surface area (Å²) in [4.78, 5) is 67.2. The molecule has 7 atom stereocenters. The number of likely N-dealkylation sites (tertiary alicyclic amines) is 1. The highest BCUT2D eigenvalue weighted by Crippen LogP contribution is 2.44. The van der Waals surface area contributed by atoms with Crippen molar-refractivity contribution in [3.05, 3.63) is 0 Å². The van der Waals surface area contributed by atoms with Crippen molar-refractivity contribution in [3.63, 3.8) is 0 Å². The third kappa shape index (κ3) is 8.68. The minimum atomic E-state index is -1.24. The summed E-state index contributed by atoms with van der Waals surface area (Å²) in [5, 5.41) is 22.8. The van der Waals surface area contributed by atoms with Crippen molar-refractivity contribution in [2.75, 3.05) is 13.7 Å². The standard InChI is InChI=1S/C31H53N5O7/c1-9-11-20(22(37)26(39)32-18-14-15-18)33-25(38)21-19-13-10-12-17(19)16-36(21)28(41)24(31(5,6)7)34-27(40)23(30(2,3)4)35-29(42)43-8/h17-21,23-25,33,38H,9-16H2,1-8H3,(H,32,39)(H,34,40)(H,35,42)/t17?,19-,20-,21-,23+,24+,25?/m0/s1. The number of amides is 4. The van der Waals surface area contributed by atoms with E-state index in [0.717, 1.165) is 32.1 Å². The molecule has 0 spiro atoms. The molecule has 1 heterocycles. The Morgan fingerprint density at radius 2 is 1.56 bits per heavy atom. The zero-order chi connectivity index (χ0) is 32.3. The van der Waals surface area contributed by atoms with Gasteiger partial charge in [0, 0.05) is 12.6 Å². The van der Waals surface area contributed by atoms with Crippen LogP contribution in [0.2, 0.25) is 0 Å². The molecule has 0 aromatic heterocycles. The van der Waals surface area contributed by atoms with Gasteiger partial charge in [-0.2, -0.15) is 0 Å². The van der Waals surface area contributed by atoms with Crippen LogP contribution in [-0.4, -0.2) is 89.7 Å². The Labute approximate surface area is 255 Å². The highest BCUT2D eigenvalue weighted by molar-refractivity contribution is 6.38. The van der Waals surface area contributed by atoms with Gasteiger partial charge in [-0.15, -0.1) is 0 Å². The van der Waals surface area contributed by atoms with Gasteiger partial charge in [-0.3, -0.25) is 24.5 Å². The van der Waals surface area contributed by atoms with Gasteiger partial charge in [0.25, 0.3) is 5.91 Å². The minimum absolute atomic E-state index is 0.0174. The topological polar surface area (TPSA) is 166 Å². The van der Waals surface area contributed by atoms with Crippen LogP contribution in [-0.2, 0) is 23.9 Å². The maximum absolute atomic E-state index is 14.3. The van der Waals surface area contributed by atoms with Crippen molar-refractivity contribution < 1.29 is 33.8 Å². The van der Waals surface area contributed by atoms with Gasteiger partial charge in [0.2, 0.25) is 17.6 Å². The van der Waals surface area contributed by atoms with Crippen LogP contribution < -0.4 is 21.3 Å². The molecule has 2 saturated carbocycles. The second-order valence-electron chi connectivity index (χ2n) is 14.6. The van der Waals surface area contributed by atoms with E-state index in [4.69, 9.17) is 4.74 Å². The van der Waals surface area contributed by atoms with Crippen LogP contribution in [0.1, 0.15) is 93.4 Å². The number of hydrogen-bond acceptors (Lipinski definition) is 8. The number of rotatable bonds is 12. The Hall–Kier alpha value is -2.73. The molecule has 0 aromatic rings. The fourth-order valence-electron chi connectivity index (χ4n) is 6.41. The first-order valence-corrected chi connectivity index (χ1v) is 15.7. The van der Waals surface area contributed by atoms with E-state index >= 15 is 0 Å². The third-order valence-electron chi connectivity index (χ3n) is 8.93. The number of ketones is 1. The molecule has 1 aliphatic heterocycles. The lowest BCUT2D eigenvalue weighted by atomic mass is 9.83. The SMILES string of the molecule is CCC[C@H](NC(O)[C@@H]1[C@H]2CCCC2CN1C(=O)[C@@H](NC(=O)[C@@H](NC(=O)OC)C(C)(C)C)C(C)(C)C)C(=O)C(=O)NC1CC1. The summed E-state index contributed by atoms with van der Waals surface area (Å²) in [6, 6.07) is -3.41. The summed E-state index contributed by atoms with van der Waals surface area (Å²) in [7, 11) is 1.22. The summed E-state index contributed by atoms with van der Waals surface area (Å²) in [5.41, 5.74) is -1.38. The highest BCUT2D eigenvalue weighted by atomic mass is 16.5. The number of fused-ring (bicyclic) bond motifs is 1. The molecule has 244 valence electrons. The zero-order valence-corrected chi connectivity index (χ0v) is 27.1. The maximum atomic E-state index is 14.3. The quantitative estimate of drug-likeness (QED) is 0.166. The second kappa shape index (κ2) is 13.9. The van der Waals surface area contributed by atoms with Crippen LogP contribution in [0.4, 0.5) is 4.79 Å². The molecule has 1 saturated heterocycles. The number of alkyl carbamates (subject to hydrolysis) is 1. The average Bonchev–Trinajstić information content (AvgIpc) is 3.48. The van der Waals surface area contributed by atoms with Gasteiger partial charge in [0.05, 0.1) is 19.2 Å². The van der Waals surface area contributed by atoms with E-state index < -0.39 is 64.9 Å². The highest BCUT2D eigenvalue weighted by Gasteiger charge is 2.52. The number of aliphatic hydroxyl groups excluding tert-OH is 1. The molecule has 0 bridgehead atoms. The molecule has 4 amide bonds. The molecule has 3 fully saturated rings. The fourth-order valence-corrected chi connectivity index (χ4v) is 6.41. The van der Waals surface area contributed by atoms with E-state index in [1.807, 2.05) is 27.7 Å². The van der Waals surface area contributed by atoms with Gasteiger partial charge >= 0.3 is 6.09 Å². The molecule has 0 aromatic carbocycles. The van der Waals surface area contributed by atoms with Crippen LogP contribution in [0.5, 0.6) is 0 Å². The van der Waals surface area contributed by atoms with Crippen LogP contribution >= 0.6 is 0 Å². The van der Waals surface area contributed by atoms with Crippen LogP contribution in [0.3, 0.4) is 0 Å². The van der Waals surface area contributed by atoms with Gasteiger partial charge in [-0.25, -0.2) is 4.79 Å². The lowest BCUT2D eigenvalue weighted by molar-refractivity contribution is -0.145. The summed E-state index contributed by atoms with van der Waals surface area (Å²) < 4.78 is 4.72. The van der Waals surface area contributed by atoms with E-state index in [9.17, 15) is 29.1 Å². The van der Waals surface area contributed by atoms with Gasteiger partial charge in [0.15, 0.2) is 0 Å². The van der Waals surface area contributed by atoms with E-state index in [1.54, 1.807) is 25.7 Å². The number of nitrogens with one attached hydrogen (secondary N) is 4. The molecule has 3 rings (SSSR count). The normalized spacial score (nSPS) is 24.8. The molecule has 12 nitrogen and oxygen atoms in total. The van der Waals surface area contributed by atoms with Crippen molar-refractivity contribution in [3.8, 4) is 0 Å². The summed E-state index contributed by atoms with van der Waals surface area (Å²) >= 11 is 0. The lowest BCUT2D eigenvalue weighted by Gasteiger charge is -2.40. The van der Waals surface area contributed by atoms with Crippen molar-refractivity contribution in [1.29, 1.82) is 0 Å². The first kappa shape index (κ1) is 34.8. The van der Waals surface area contributed by atoms with Gasteiger partial charge < -0.3 is 30.7 Å². The summed E-state index contributed by atoms with van der Waals surface area (Å²) in [6.45, 7) is 13.3. The molecular weight excluding hydrogens is 554 g/mol. The number of nitrogens with zero attached hydrogens (tertiary/aromatic N) is 1. The first-order chi connectivity index (χ1) is 20.0. The van der Waals surface area contributed by atoms with Crippen LogP contribution in [0.15, 0.2) is 0 Å². The monoisotopic (exact) mass is 607 g/mol. The molecular formula is C31H53N5O7. The number of carbonyl (C=O) groups is 5. The first-order valence-electron chi connectivity index (χ1n) is 15.7. The van der Waals surface area contributed by atoms with Crippen molar-refractivity contribution in [2.45, 2.75) is 130 Å². The molecule has 3 aliphatic rings. The number of carbonyl (C=O) groups excluding carboxylic acids is 5.